The number of thiophene rings is 1. The predicted molar refractivity (Wildman–Crippen MR) is 137 cm³/mol. The number of benzene rings is 3. The molecule has 3 aromatic carbocycles. The number of rotatable bonds is 3. The summed E-state index contributed by atoms with van der Waals surface area (Å²) in [4.78, 5) is 10.3. The van der Waals surface area contributed by atoms with Crippen LogP contribution in [0.4, 0.5) is 0 Å². The summed E-state index contributed by atoms with van der Waals surface area (Å²) in [5, 5.41) is 11.2. The molecule has 0 bridgehead atoms. The molecule has 3 aromatic heterocycles. The molecule has 6 aromatic rings. The van der Waals surface area contributed by atoms with Crippen LogP contribution in [0.25, 0.3) is 54.2 Å². The van der Waals surface area contributed by atoms with Crippen molar-refractivity contribution in [2.24, 2.45) is 0 Å². The van der Waals surface area contributed by atoms with Gasteiger partial charge in [0.25, 0.3) is 0 Å². The van der Waals surface area contributed by atoms with Crippen molar-refractivity contribution >= 4 is 55.0 Å². The van der Waals surface area contributed by atoms with Crippen molar-refractivity contribution in [3.8, 4) is 33.8 Å². The zero-order chi connectivity index (χ0) is 22.4. The van der Waals surface area contributed by atoms with E-state index in [-0.39, 0.29) is 0 Å². The highest BCUT2D eigenvalue weighted by Crippen LogP contribution is 2.44. The van der Waals surface area contributed by atoms with Crippen LogP contribution >= 0.6 is 34.5 Å². The van der Waals surface area contributed by atoms with Crippen LogP contribution in [0.1, 0.15) is 0 Å². The van der Waals surface area contributed by atoms with E-state index in [4.69, 9.17) is 28.2 Å². The largest absolute Gasteiger partial charge is 0.226 e. The molecule has 3 heterocycles. The Hall–Kier alpha value is -3.38. The molecule has 7 heteroatoms. The Morgan fingerprint density at radius 2 is 1.30 bits per heavy atom. The molecule has 0 aliphatic rings. The maximum Gasteiger partial charge on any atom is 0.161 e. The molecule has 0 spiro atoms. The molecule has 0 atom stereocenters. The minimum absolute atomic E-state index is 0.397. The standard InChI is InChI=1S/C26H14Cl2N4S/c27-18-13-11-17(12-14-18)25-29-22-20-19(15-7-3-1-4-8-15)21(16-9-5-2-6-10-16)31-32-26(20)33-23(22)24(28)30-25/h1-14H. The number of halogens is 2. The summed E-state index contributed by atoms with van der Waals surface area (Å²) in [5.74, 6) is 0.543. The molecule has 0 aliphatic carbocycles. The highest BCUT2D eigenvalue weighted by atomic mass is 35.5. The SMILES string of the molecule is Clc1ccc(-c2nc(Cl)c3sc4nnc(-c5ccccc5)c(-c5ccccc5)c4c3n2)cc1. The number of aromatic nitrogens is 4. The quantitative estimate of drug-likeness (QED) is 0.239. The Bertz CT molecular complexity index is 1620. The fourth-order valence-electron chi connectivity index (χ4n) is 3.90. The summed E-state index contributed by atoms with van der Waals surface area (Å²) >= 11 is 14.2. The van der Waals surface area contributed by atoms with Gasteiger partial charge in [0.15, 0.2) is 11.0 Å². The Labute approximate surface area is 203 Å². The summed E-state index contributed by atoms with van der Waals surface area (Å²) in [6.45, 7) is 0. The fraction of sp³-hybridized carbons (Fsp3) is 0. The number of fused-ring (bicyclic) bond motifs is 3. The van der Waals surface area contributed by atoms with Crippen LogP contribution < -0.4 is 0 Å². The molecule has 0 saturated carbocycles. The molecule has 158 valence electrons. The van der Waals surface area contributed by atoms with Gasteiger partial charge in [0.2, 0.25) is 0 Å². The Morgan fingerprint density at radius 1 is 0.636 bits per heavy atom. The van der Waals surface area contributed by atoms with Gasteiger partial charge in [-0.2, -0.15) is 0 Å². The van der Waals surface area contributed by atoms with Gasteiger partial charge in [-0.05, 0) is 29.8 Å². The second-order valence-corrected chi connectivity index (χ2v) is 9.25. The molecular weight excluding hydrogens is 471 g/mol. The first-order valence-corrected chi connectivity index (χ1v) is 11.8. The van der Waals surface area contributed by atoms with Crippen LogP contribution in [0.15, 0.2) is 84.9 Å². The van der Waals surface area contributed by atoms with E-state index in [1.165, 1.54) is 11.3 Å². The third-order valence-electron chi connectivity index (χ3n) is 5.41. The first kappa shape index (κ1) is 20.2. The van der Waals surface area contributed by atoms with E-state index in [0.29, 0.717) is 16.0 Å². The molecule has 0 saturated heterocycles. The van der Waals surface area contributed by atoms with Gasteiger partial charge in [-0.25, -0.2) is 9.97 Å². The summed E-state index contributed by atoms with van der Waals surface area (Å²) in [6, 6.07) is 27.7. The van der Waals surface area contributed by atoms with E-state index in [1.54, 1.807) is 0 Å². The maximum atomic E-state index is 6.66. The third kappa shape index (κ3) is 3.55. The lowest BCUT2D eigenvalue weighted by atomic mass is 9.97. The Kier molecular flexibility index (Phi) is 5.03. The number of hydrogen-bond acceptors (Lipinski definition) is 5. The normalized spacial score (nSPS) is 11.3. The minimum Gasteiger partial charge on any atom is -0.226 e. The second-order valence-electron chi connectivity index (χ2n) is 7.46. The number of nitrogens with zero attached hydrogens (tertiary/aromatic N) is 4. The average molecular weight is 485 g/mol. The molecule has 0 fully saturated rings. The van der Waals surface area contributed by atoms with Crippen molar-refractivity contribution in [3.05, 3.63) is 95.1 Å². The van der Waals surface area contributed by atoms with Gasteiger partial charge in [-0.3, -0.25) is 0 Å². The van der Waals surface area contributed by atoms with Crippen molar-refractivity contribution in [3.63, 3.8) is 0 Å². The first-order chi connectivity index (χ1) is 16.2. The zero-order valence-electron chi connectivity index (χ0n) is 17.0. The molecule has 0 aliphatic heterocycles. The summed E-state index contributed by atoms with van der Waals surface area (Å²) in [5.41, 5.74) is 5.42. The summed E-state index contributed by atoms with van der Waals surface area (Å²) < 4.78 is 0.793. The second kappa shape index (κ2) is 8.19. The van der Waals surface area contributed by atoms with E-state index in [1.807, 2.05) is 72.8 Å². The minimum atomic E-state index is 0.397. The molecule has 0 amide bonds. The van der Waals surface area contributed by atoms with Crippen LogP contribution in [-0.4, -0.2) is 20.2 Å². The van der Waals surface area contributed by atoms with Crippen molar-refractivity contribution in [1.82, 2.24) is 20.2 Å². The van der Waals surface area contributed by atoms with E-state index in [0.717, 1.165) is 48.4 Å². The predicted octanol–water partition coefficient (Wildman–Crippen LogP) is 7.94. The van der Waals surface area contributed by atoms with Crippen molar-refractivity contribution in [2.75, 3.05) is 0 Å². The zero-order valence-corrected chi connectivity index (χ0v) is 19.4. The lowest BCUT2D eigenvalue weighted by Gasteiger charge is -2.10. The van der Waals surface area contributed by atoms with Crippen molar-refractivity contribution in [1.29, 1.82) is 0 Å². The van der Waals surface area contributed by atoms with Crippen molar-refractivity contribution < 1.29 is 0 Å². The molecule has 0 radical (unpaired) electrons. The van der Waals surface area contributed by atoms with Gasteiger partial charge in [0.1, 0.15) is 10.5 Å². The molecule has 6 rings (SSSR count). The Morgan fingerprint density at radius 3 is 2.00 bits per heavy atom. The van der Waals surface area contributed by atoms with Crippen molar-refractivity contribution in [2.45, 2.75) is 0 Å². The highest BCUT2D eigenvalue weighted by molar-refractivity contribution is 7.26. The molecule has 0 unspecified atom stereocenters. The van der Waals surface area contributed by atoms with Gasteiger partial charge in [-0.1, -0.05) is 83.9 Å². The van der Waals surface area contributed by atoms with Gasteiger partial charge in [0, 0.05) is 27.1 Å². The monoisotopic (exact) mass is 484 g/mol. The maximum absolute atomic E-state index is 6.66. The van der Waals surface area contributed by atoms with E-state index >= 15 is 0 Å². The van der Waals surface area contributed by atoms with Crippen LogP contribution in [0.5, 0.6) is 0 Å². The van der Waals surface area contributed by atoms with Gasteiger partial charge in [0.05, 0.1) is 10.2 Å². The van der Waals surface area contributed by atoms with E-state index in [2.05, 4.69) is 27.3 Å². The smallest absolute Gasteiger partial charge is 0.161 e. The van der Waals surface area contributed by atoms with Crippen LogP contribution in [-0.2, 0) is 0 Å². The van der Waals surface area contributed by atoms with E-state index < -0.39 is 0 Å². The molecule has 4 nitrogen and oxygen atoms in total. The lowest BCUT2D eigenvalue weighted by Crippen LogP contribution is -1.95. The van der Waals surface area contributed by atoms with E-state index in [9.17, 15) is 0 Å². The summed E-state index contributed by atoms with van der Waals surface area (Å²) in [6.07, 6.45) is 0. The van der Waals surface area contributed by atoms with Crippen LogP contribution in [0, 0.1) is 0 Å². The number of hydrogen-bond donors (Lipinski definition) is 0. The van der Waals surface area contributed by atoms with Gasteiger partial charge < -0.3 is 0 Å². The average Bonchev–Trinajstić information content (AvgIpc) is 3.24. The van der Waals surface area contributed by atoms with Gasteiger partial charge in [-0.15, -0.1) is 21.5 Å². The molecular formula is C26H14Cl2N4S. The highest BCUT2D eigenvalue weighted by Gasteiger charge is 2.22. The summed E-state index contributed by atoms with van der Waals surface area (Å²) in [7, 11) is 0. The Balaban J connectivity index is 1.73. The van der Waals surface area contributed by atoms with Crippen LogP contribution in [0.3, 0.4) is 0 Å². The van der Waals surface area contributed by atoms with Crippen LogP contribution in [0.2, 0.25) is 10.2 Å². The molecule has 33 heavy (non-hydrogen) atoms. The topological polar surface area (TPSA) is 51.6 Å². The van der Waals surface area contributed by atoms with Gasteiger partial charge >= 0.3 is 0 Å². The first-order valence-electron chi connectivity index (χ1n) is 10.2. The third-order valence-corrected chi connectivity index (χ3v) is 7.12. The lowest BCUT2D eigenvalue weighted by molar-refractivity contribution is 1.09. The molecule has 0 N–H and O–H groups in total. The fourth-order valence-corrected chi connectivity index (χ4v) is 5.26.